The molecule has 2 aromatic rings. The Kier molecular flexibility index (Phi) is 4.08. The van der Waals surface area contributed by atoms with Crippen molar-refractivity contribution < 1.29 is 4.74 Å². The second-order valence-corrected chi connectivity index (χ2v) is 5.26. The molecule has 1 aliphatic rings. The summed E-state index contributed by atoms with van der Waals surface area (Å²) in [6, 6.07) is 4.52. The van der Waals surface area contributed by atoms with Gasteiger partial charge < -0.3 is 10.1 Å². The Morgan fingerprint density at radius 1 is 1.40 bits per heavy atom. The van der Waals surface area contributed by atoms with Crippen LogP contribution < -0.4 is 5.32 Å². The van der Waals surface area contributed by atoms with Gasteiger partial charge in [0, 0.05) is 43.2 Å². The molecule has 0 aliphatic heterocycles. The SMILES string of the molecule is COC1CCC(NCc2cn[nH]c2-c2cccnc2)C1. The highest BCUT2D eigenvalue weighted by atomic mass is 16.5. The van der Waals surface area contributed by atoms with Crippen molar-refractivity contribution in [3.05, 3.63) is 36.3 Å². The third kappa shape index (κ3) is 2.89. The van der Waals surface area contributed by atoms with Crippen LogP contribution in [0.2, 0.25) is 0 Å². The van der Waals surface area contributed by atoms with E-state index < -0.39 is 0 Å². The number of H-pyrrole nitrogens is 1. The highest BCUT2D eigenvalue weighted by Crippen LogP contribution is 2.23. The van der Waals surface area contributed by atoms with E-state index in [0.29, 0.717) is 12.1 Å². The van der Waals surface area contributed by atoms with Crippen molar-refractivity contribution in [3.63, 3.8) is 0 Å². The van der Waals surface area contributed by atoms with Gasteiger partial charge >= 0.3 is 0 Å². The number of aromatic amines is 1. The predicted molar refractivity (Wildman–Crippen MR) is 77.1 cm³/mol. The molecule has 106 valence electrons. The lowest BCUT2D eigenvalue weighted by Gasteiger charge is -2.12. The van der Waals surface area contributed by atoms with Crippen LogP contribution in [0, 0.1) is 0 Å². The number of rotatable bonds is 5. The molecular formula is C15H20N4O. The lowest BCUT2D eigenvalue weighted by Crippen LogP contribution is -2.26. The summed E-state index contributed by atoms with van der Waals surface area (Å²) in [6.45, 7) is 0.821. The maximum Gasteiger partial charge on any atom is 0.0710 e. The van der Waals surface area contributed by atoms with E-state index in [1.807, 2.05) is 24.5 Å². The average molecular weight is 272 g/mol. The molecule has 0 saturated heterocycles. The van der Waals surface area contributed by atoms with Gasteiger partial charge in [-0.2, -0.15) is 5.10 Å². The molecule has 20 heavy (non-hydrogen) atoms. The third-order valence-corrected chi connectivity index (χ3v) is 3.97. The van der Waals surface area contributed by atoms with Gasteiger partial charge in [-0.1, -0.05) is 0 Å². The van der Waals surface area contributed by atoms with Gasteiger partial charge in [-0.15, -0.1) is 0 Å². The zero-order valence-electron chi connectivity index (χ0n) is 11.7. The summed E-state index contributed by atoms with van der Waals surface area (Å²) >= 11 is 0. The summed E-state index contributed by atoms with van der Waals surface area (Å²) in [6.07, 6.45) is 9.35. The summed E-state index contributed by atoms with van der Waals surface area (Å²) in [7, 11) is 1.80. The van der Waals surface area contributed by atoms with Crippen LogP contribution in [0.15, 0.2) is 30.7 Å². The van der Waals surface area contributed by atoms with Crippen molar-refractivity contribution in [1.29, 1.82) is 0 Å². The number of nitrogens with zero attached hydrogens (tertiary/aromatic N) is 2. The van der Waals surface area contributed by atoms with Crippen molar-refractivity contribution in [3.8, 4) is 11.3 Å². The Morgan fingerprint density at radius 3 is 3.10 bits per heavy atom. The first-order chi connectivity index (χ1) is 9.86. The summed E-state index contributed by atoms with van der Waals surface area (Å²) in [5.74, 6) is 0. The standard InChI is InChI=1S/C15H20N4O/c1-20-14-5-4-13(7-14)17-9-12-10-18-19-15(12)11-3-2-6-16-8-11/h2-3,6,8,10,13-14,17H,4-5,7,9H2,1H3,(H,18,19). The summed E-state index contributed by atoms with van der Waals surface area (Å²) in [5.41, 5.74) is 3.30. The smallest absolute Gasteiger partial charge is 0.0710 e. The van der Waals surface area contributed by atoms with Crippen LogP contribution in [0.3, 0.4) is 0 Å². The molecule has 0 bridgehead atoms. The van der Waals surface area contributed by atoms with E-state index in [1.54, 1.807) is 13.3 Å². The Hall–Kier alpha value is -1.72. The normalized spacial score (nSPS) is 22.2. The van der Waals surface area contributed by atoms with Gasteiger partial charge in [0.15, 0.2) is 0 Å². The molecule has 2 unspecified atom stereocenters. The molecule has 0 amide bonds. The Morgan fingerprint density at radius 2 is 2.35 bits per heavy atom. The van der Waals surface area contributed by atoms with Gasteiger partial charge in [0.1, 0.15) is 0 Å². The van der Waals surface area contributed by atoms with Crippen molar-refractivity contribution in [2.24, 2.45) is 0 Å². The second-order valence-electron chi connectivity index (χ2n) is 5.26. The number of nitrogens with one attached hydrogen (secondary N) is 2. The molecule has 2 atom stereocenters. The average Bonchev–Trinajstić information content (AvgIpc) is 3.15. The molecule has 2 heterocycles. The number of ether oxygens (including phenoxy) is 1. The van der Waals surface area contributed by atoms with Crippen molar-refractivity contribution in [1.82, 2.24) is 20.5 Å². The van der Waals surface area contributed by atoms with Crippen molar-refractivity contribution in [2.45, 2.75) is 38.0 Å². The minimum atomic E-state index is 0.412. The highest BCUT2D eigenvalue weighted by Gasteiger charge is 2.24. The van der Waals surface area contributed by atoms with E-state index in [2.05, 4.69) is 20.5 Å². The van der Waals surface area contributed by atoms with Crippen LogP contribution in [0.25, 0.3) is 11.3 Å². The number of methoxy groups -OCH3 is 1. The molecule has 0 radical (unpaired) electrons. The van der Waals surface area contributed by atoms with Gasteiger partial charge in [0.05, 0.1) is 18.0 Å². The number of pyridine rings is 1. The van der Waals surface area contributed by atoms with Crippen LogP contribution in [-0.4, -0.2) is 34.4 Å². The lowest BCUT2D eigenvalue weighted by molar-refractivity contribution is 0.107. The monoisotopic (exact) mass is 272 g/mol. The van der Waals surface area contributed by atoms with Gasteiger partial charge in [-0.05, 0) is 31.4 Å². The fourth-order valence-electron chi connectivity index (χ4n) is 2.80. The molecule has 0 spiro atoms. The van der Waals surface area contributed by atoms with E-state index >= 15 is 0 Å². The molecule has 1 saturated carbocycles. The van der Waals surface area contributed by atoms with E-state index in [0.717, 1.165) is 30.6 Å². The molecule has 2 N–H and O–H groups in total. The quantitative estimate of drug-likeness (QED) is 0.875. The number of hydrogen-bond acceptors (Lipinski definition) is 4. The van der Waals surface area contributed by atoms with E-state index in [4.69, 9.17) is 4.74 Å². The predicted octanol–water partition coefficient (Wildman–Crippen LogP) is 2.13. The lowest BCUT2D eigenvalue weighted by atomic mass is 10.1. The fourth-order valence-corrected chi connectivity index (χ4v) is 2.80. The maximum absolute atomic E-state index is 5.40. The van der Waals surface area contributed by atoms with E-state index in [1.165, 1.54) is 12.0 Å². The number of hydrogen-bond donors (Lipinski definition) is 2. The molecular weight excluding hydrogens is 252 g/mol. The molecule has 0 aromatic carbocycles. The molecule has 1 aliphatic carbocycles. The zero-order chi connectivity index (χ0) is 13.8. The van der Waals surface area contributed by atoms with Gasteiger partial charge in [-0.3, -0.25) is 10.1 Å². The summed E-state index contributed by atoms with van der Waals surface area (Å²) < 4.78 is 5.40. The van der Waals surface area contributed by atoms with Gasteiger partial charge in [0.2, 0.25) is 0 Å². The van der Waals surface area contributed by atoms with Gasteiger partial charge in [0.25, 0.3) is 0 Å². The highest BCUT2D eigenvalue weighted by molar-refractivity contribution is 5.61. The third-order valence-electron chi connectivity index (χ3n) is 3.97. The molecule has 1 fully saturated rings. The molecule has 5 nitrogen and oxygen atoms in total. The van der Waals surface area contributed by atoms with Crippen LogP contribution in [-0.2, 0) is 11.3 Å². The largest absolute Gasteiger partial charge is 0.381 e. The summed E-state index contributed by atoms with van der Waals surface area (Å²) in [5, 5.41) is 10.8. The molecule has 3 rings (SSSR count). The summed E-state index contributed by atoms with van der Waals surface area (Å²) in [4.78, 5) is 4.16. The van der Waals surface area contributed by atoms with Gasteiger partial charge in [-0.25, -0.2) is 0 Å². The minimum Gasteiger partial charge on any atom is -0.381 e. The van der Waals surface area contributed by atoms with E-state index in [9.17, 15) is 0 Å². The molecule has 5 heteroatoms. The van der Waals surface area contributed by atoms with Crippen LogP contribution in [0.1, 0.15) is 24.8 Å². The minimum absolute atomic E-state index is 0.412. The first kappa shape index (κ1) is 13.3. The Balaban J connectivity index is 1.63. The maximum atomic E-state index is 5.40. The first-order valence-corrected chi connectivity index (χ1v) is 7.05. The zero-order valence-corrected chi connectivity index (χ0v) is 11.7. The van der Waals surface area contributed by atoms with Crippen LogP contribution in [0.5, 0.6) is 0 Å². The second kappa shape index (κ2) is 6.15. The van der Waals surface area contributed by atoms with Crippen LogP contribution >= 0.6 is 0 Å². The topological polar surface area (TPSA) is 62.8 Å². The Bertz CT molecular complexity index is 540. The number of aromatic nitrogens is 3. The fraction of sp³-hybridized carbons (Fsp3) is 0.467. The Labute approximate surface area is 118 Å². The first-order valence-electron chi connectivity index (χ1n) is 7.05. The van der Waals surface area contributed by atoms with Crippen molar-refractivity contribution >= 4 is 0 Å². The van der Waals surface area contributed by atoms with Crippen LogP contribution in [0.4, 0.5) is 0 Å². The van der Waals surface area contributed by atoms with Crippen molar-refractivity contribution in [2.75, 3.05) is 7.11 Å². The molecule has 2 aromatic heterocycles. The van der Waals surface area contributed by atoms with E-state index in [-0.39, 0.29) is 0 Å².